The van der Waals surface area contributed by atoms with Crippen molar-refractivity contribution in [1.82, 2.24) is 9.78 Å². The van der Waals surface area contributed by atoms with Crippen LogP contribution in [-0.4, -0.2) is 15.6 Å². The summed E-state index contributed by atoms with van der Waals surface area (Å²) in [7, 11) is 0. The van der Waals surface area contributed by atoms with Crippen LogP contribution in [0.1, 0.15) is 28.5 Å². The molecule has 0 N–H and O–H groups in total. The molecule has 0 amide bonds. The normalized spacial score (nSPS) is 11.1. The van der Waals surface area contributed by atoms with Crippen LogP contribution in [0.15, 0.2) is 36.5 Å². The highest BCUT2D eigenvalue weighted by Crippen LogP contribution is 2.16. The third-order valence-corrected chi connectivity index (χ3v) is 3.09. The van der Waals surface area contributed by atoms with Crippen LogP contribution in [0, 0.1) is 6.92 Å². The Kier molecular flexibility index (Phi) is 4.17. The number of rotatable bonds is 4. The number of nitrogens with zero attached hydrogens (tertiary/aromatic N) is 2. The molecule has 0 atom stereocenters. The van der Waals surface area contributed by atoms with E-state index in [4.69, 9.17) is 11.6 Å². The first-order valence-corrected chi connectivity index (χ1v) is 6.50. The van der Waals surface area contributed by atoms with Crippen molar-refractivity contribution in [3.8, 4) is 0 Å². The van der Waals surface area contributed by atoms with Crippen molar-refractivity contribution in [3.63, 3.8) is 0 Å². The summed E-state index contributed by atoms with van der Waals surface area (Å²) in [5.74, 6) is -0.0536. The van der Waals surface area contributed by atoms with E-state index in [0.717, 1.165) is 12.1 Å². The highest BCUT2D eigenvalue weighted by Gasteiger charge is 2.05. The summed E-state index contributed by atoms with van der Waals surface area (Å²) >= 11 is 6.03. The fraction of sp³-hybridized carbons (Fsp3) is 0.200. The van der Waals surface area contributed by atoms with E-state index in [2.05, 4.69) is 5.10 Å². The number of aromatic nitrogens is 2. The van der Waals surface area contributed by atoms with Crippen molar-refractivity contribution in [1.29, 1.82) is 0 Å². The summed E-state index contributed by atoms with van der Waals surface area (Å²) < 4.78 is 1.73. The van der Waals surface area contributed by atoms with Crippen LogP contribution in [0.3, 0.4) is 0 Å². The smallest absolute Gasteiger partial charge is 0.185 e. The van der Waals surface area contributed by atoms with E-state index in [1.165, 1.54) is 6.08 Å². The van der Waals surface area contributed by atoms with Gasteiger partial charge < -0.3 is 0 Å². The Morgan fingerprint density at radius 2 is 2.05 bits per heavy atom. The van der Waals surface area contributed by atoms with Gasteiger partial charge in [-0.2, -0.15) is 5.10 Å². The van der Waals surface area contributed by atoms with E-state index in [-0.39, 0.29) is 5.78 Å². The maximum Gasteiger partial charge on any atom is 0.185 e. The lowest BCUT2D eigenvalue weighted by Crippen LogP contribution is -1.95. The summed E-state index contributed by atoms with van der Waals surface area (Å²) in [6.07, 6.45) is 4.90. The molecule has 0 aliphatic rings. The largest absolute Gasteiger partial charge is 0.289 e. The highest BCUT2D eigenvalue weighted by atomic mass is 35.5. The van der Waals surface area contributed by atoms with E-state index >= 15 is 0 Å². The second kappa shape index (κ2) is 5.85. The molecular formula is C15H15ClN2O. The van der Waals surface area contributed by atoms with Crippen LogP contribution < -0.4 is 0 Å². The average Bonchev–Trinajstić information content (AvgIpc) is 2.77. The summed E-state index contributed by atoms with van der Waals surface area (Å²) in [5.41, 5.74) is 2.40. The van der Waals surface area contributed by atoms with Crippen LogP contribution in [0.4, 0.5) is 0 Å². The molecular weight excluding hydrogens is 260 g/mol. The zero-order valence-electron chi connectivity index (χ0n) is 10.9. The van der Waals surface area contributed by atoms with Gasteiger partial charge in [0, 0.05) is 18.3 Å². The van der Waals surface area contributed by atoms with Gasteiger partial charge in [-0.1, -0.05) is 41.4 Å². The molecule has 19 heavy (non-hydrogen) atoms. The predicted molar refractivity (Wildman–Crippen MR) is 77.5 cm³/mol. The molecule has 0 aliphatic heterocycles. The molecule has 0 fully saturated rings. The fourth-order valence-electron chi connectivity index (χ4n) is 1.66. The highest BCUT2D eigenvalue weighted by molar-refractivity contribution is 6.31. The van der Waals surface area contributed by atoms with E-state index in [0.29, 0.717) is 16.3 Å². The van der Waals surface area contributed by atoms with Gasteiger partial charge in [-0.15, -0.1) is 0 Å². The number of hydrogen-bond donors (Lipinski definition) is 0. The minimum atomic E-state index is -0.0536. The second-order valence-electron chi connectivity index (χ2n) is 4.28. The Bertz CT molecular complexity index is 612. The van der Waals surface area contributed by atoms with Crippen molar-refractivity contribution in [2.24, 2.45) is 0 Å². The molecule has 0 aliphatic carbocycles. The number of carbonyl (C=O) groups is 1. The van der Waals surface area contributed by atoms with Gasteiger partial charge in [0.05, 0.1) is 5.02 Å². The van der Waals surface area contributed by atoms with E-state index in [1.54, 1.807) is 17.0 Å². The Labute approximate surface area is 117 Å². The van der Waals surface area contributed by atoms with Crippen LogP contribution in [0.2, 0.25) is 5.02 Å². The van der Waals surface area contributed by atoms with Crippen LogP contribution in [-0.2, 0) is 6.54 Å². The topological polar surface area (TPSA) is 34.9 Å². The number of aryl methyl sites for hydroxylation is 2. The molecule has 3 nitrogen and oxygen atoms in total. The number of ketones is 1. The van der Waals surface area contributed by atoms with Gasteiger partial charge in [-0.05, 0) is 26.0 Å². The van der Waals surface area contributed by atoms with Gasteiger partial charge in [-0.25, -0.2) is 0 Å². The maximum absolute atomic E-state index is 12.0. The third kappa shape index (κ3) is 3.32. The Morgan fingerprint density at radius 3 is 2.63 bits per heavy atom. The molecule has 98 valence electrons. The third-order valence-electron chi connectivity index (χ3n) is 2.80. The van der Waals surface area contributed by atoms with Gasteiger partial charge in [0.1, 0.15) is 5.69 Å². The maximum atomic E-state index is 12.0. The average molecular weight is 275 g/mol. The molecule has 4 heteroatoms. The minimum absolute atomic E-state index is 0.0536. The molecule has 1 aromatic heterocycles. The van der Waals surface area contributed by atoms with Crippen molar-refractivity contribution in [2.45, 2.75) is 20.4 Å². The molecule has 2 aromatic rings. The first-order valence-electron chi connectivity index (χ1n) is 6.12. The molecule has 0 spiro atoms. The van der Waals surface area contributed by atoms with Crippen LogP contribution in [0.25, 0.3) is 6.08 Å². The number of halogens is 1. The van der Waals surface area contributed by atoms with Gasteiger partial charge in [0.15, 0.2) is 5.78 Å². The van der Waals surface area contributed by atoms with E-state index < -0.39 is 0 Å². The molecule has 0 unspecified atom stereocenters. The predicted octanol–water partition coefficient (Wildman–Crippen LogP) is 3.76. The van der Waals surface area contributed by atoms with Crippen molar-refractivity contribution in [3.05, 3.63) is 58.4 Å². The summed E-state index contributed by atoms with van der Waals surface area (Å²) in [6, 6.07) is 7.46. The molecule has 1 heterocycles. The second-order valence-corrected chi connectivity index (χ2v) is 4.69. The number of hydrogen-bond acceptors (Lipinski definition) is 2. The monoisotopic (exact) mass is 274 g/mol. The number of carbonyl (C=O) groups excluding carboxylic acids is 1. The van der Waals surface area contributed by atoms with Gasteiger partial charge >= 0.3 is 0 Å². The quantitative estimate of drug-likeness (QED) is 0.628. The molecule has 0 radical (unpaired) electrons. The first kappa shape index (κ1) is 13.6. The molecule has 1 aromatic carbocycles. The lowest BCUT2D eigenvalue weighted by atomic mass is 10.1. The number of allylic oxidation sites excluding steroid dienone is 1. The zero-order valence-corrected chi connectivity index (χ0v) is 11.7. The molecule has 0 saturated carbocycles. The van der Waals surface area contributed by atoms with Crippen LogP contribution in [0.5, 0.6) is 0 Å². The van der Waals surface area contributed by atoms with Gasteiger partial charge in [0.25, 0.3) is 0 Å². The van der Waals surface area contributed by atoms with Crippen molar-refractivity contribution in [2.75, 3.05) is 0 Å². The Morgan fingerprint density at radius 1 is 1.37 bits per heavy atom. The lowest BCUT2D eigenvalue weighted by Gasteiger charge is -1.96. The molecule has 2 rings (SSSR count). The Balaban J connectivity index is 2.15. The van der Waals surface area contributed by atoms with Crippen LogP contribution >= 0.6 is 11.6 Å². The van der Waals surface area contributed by atoms with Gasteiger partial charge in [-0.3, -0.25) is 9.48 Å². The summed E-state index contributed by atoms with van der Waals surface area (Å²) in [4.78, 5) is 12.0. The fourth-order valence-corrected chi connectivity index (χ4v) is 1.87. The minimum Gasteiger partial charge on any atom is -0.289 e. The Hall–Kier alpha value is -1.87. The van der Waals surface area contributed by atoms with Crippen molar-refractivity contribution < 1.29 is 4.79 Å². The lowest BCUT2D eigenvalue weighted by molar-refractivity contribution is 0.104. The molecule has 0 bridgehead atoms. The van der Waals surface area contributed by atoms with E-state index in [1.807, 2.05) is 38.1 Å². The first-order chi connectivity index (χ1) is 9.10. The summed E-state index contributed by atoms with van der Waals surface area (Å²) in [5, 5.41) is 4.80. The van der Waals surface area contributed by atoms with Crippen molar-refractivity contribution >= 4 is 23.5 Å². The summed E-state index contributed by atoms with van der Waals surface area (Å²) in [6.45, 7) is 4.72. The number of benzene rings is 1. The zero-order chi connectivity index (χ0) is 13.8. The van der Waals surface area contributed by atoms with E-state index in [9.17, 15) is 4.79 Å². The van der Waals surface area contributed by atoms with Gasteiger partial charge in [0.2, 0.25) is 0 Å². The standard InChI is InChI=1S/C15H15ClN2O/c1-3-18-10-13(16)14(17-18)8-9-15(19)12-6-4-11(2)5-7-12/h4-10H,3H2,1-2H3. The molecule has 0 saturated heterocycles. The SMILES string of the molecule is CCn1cc(Cl)c(C=CC(=O)c2ccc(C)cc2)n1.